The fraction of sp³-hybridized carbons (Fsp3) is 0.0690. The summed E-state index contributed by atoms with van der Waals surface area (Å²) in [6, 6.07) is 37.6. The summed E-state index contributed by atoms with van der Waals surface area (Å²) in [5, 5.41) is 8.02. The molecule has 5 rings (SSSR count). The molecule has 0 fully saturated rings. The summed E-state index contributed by atoms with van der Waals surface area (Å²) >= 11 is 5.43. The fourth-order valence-electron chi connectivity index (χ4n) is 4.59. The van der Waals surface area contributed by atoms with E-state index >= 15 is 0 Å². The molecule has 0 bridgehead atoms. The second kappa shape index (κ2) is 9.41. The molecule has 4 aromatic carbocycles. The van der Waals surface area contributed by atoms with Crippen molar-refractivity contribution < 1.29 is 4.79 Å². The molecule has 4 aromatic rings. The van der Waals surface area contributed by atoms with Gasteiger partial charge in [-0.25, -0.2) is 0 Å². The molecule has 0 heterocycles. The number of hydrogen-bond donors (Lipinski definition) is 2. The molecule has 4 nitrogen and oxygen atoms in total. The van der Waals surface area contributed by atoms with Crippen LogP contribution in [0.25, 0.3) is 0 Å². The smallest absolute Gasteiger partial charge is 0.202 e. The van der Waals surface area contributed by atoms with Gasteiger partial charge in [0.05, 0.1) is 0 Å². The van der Waals surface area contributed by atoms with Gasteiger partial charge in [0.1, 0.15) is 11.1 Å². The highest BCUT2D eigenvalue weighted by atomic mass is 32.1. The predicted molar refractivity (Wildman–Crippen MR) is 140 cm³/mol. The third-order valence-corrected chi connectivity index (χ3v) is 6.36. The number of hydrogen-bond acceptors (Lipinski definition) is 3. The number of ketones is 1. The Morgan fingerprint density at radius 2 is 1.26 bits per heavy atom. The molecule has 1 aliphatic rings. The Bertz CT molecular complexity index is 1310. The number of nitrogens with zero attached hydrogens (tertiary/aromatic N) is 1. The lowest BCUT2D eigenvalue weighted by Gasteiger charge is -2.30. The Kier molecular flexibility index (Phi) is 6.02. The summed E-state index contributed by atoms with van der Waals surface area (Å²) in [6.07, 6.45) is 0. The topological polar surface area (TPSA) is 53.5 Å². The van der Waals surface area contributed by atoms with E-state index in [1.807, 2.05) is 115 Å². The van der Waals surface area contributed by atoms with Crippen LogP contribution in [0.4, 0.5) is 0 Å². The van der Waals surface area contributed by atoms with Gasteiger partial charge in [0.25, 0.3) is 0 Å². The van der Waals surface area contributed by atoms with Gasteiger partial charge in [-0.2, -0.15) is 5.10 Å². The van der Waals surface area contributed by atoms with E-state index in [1.54, 1.807) is 0 Å². The number of hydrazone groups is 1. The van der Waals surface area contributed by atoms with Crippen LogP contribution in [0, 0.1) is 0 Å². The first-order valence-electron chi connectivity index (χ1n) is 11.1. The van der Waals surface area contributed by atoms with Gasteiger partial charge in [-0.1, -0.05) is 115 Å². The van der Waals surface area contributed by atoms with Gasteiger partial charge >= 0.3 is 0 Å². The van der Waals surface area contributed by atoms with Crippen LogP contribution in [0.3, 0.4) is 0 Å². The van der Waals surface area contributed by atoms with Crippen LogP contribution in [0.5, 0.6) is 0 Å². The van der Waals surface area contributed by atoms with E-state index in [2.05, 4.69) is 15.8 Å². The highest BCUT2D eigenvalue weighted by Gasteiger charge is 2.52. The molecule has 5 heteroatoms. The molecule has 0 atom stereocenters. The van der Waals surface area contributed by atoms with E-state index in [1.165, 1.54) is 0 Å². The van der Waals surface area contributed by atoms with Crippen molar-refractivity contribution in [2.45, 2.75) is 12.0 Å². The lowest BCUT2D eigenvalue weighted by molar-refractivity contribution is -0.115. The van der Waals surface area contributed by atoms with E-state index in [4.69, 9.17) is 12.2 Å². The predicted octanol–water partition coefficient (Wildman–Crippen LogP) is 4.97. The molecule has 166 valence electrons. The Morgan fingerprint density at radius 3 is 1.88 bits per heavy atom. The van der Waals surface area contributed by atoms with Crippen LogP contribution < -0.4 is 10.7 Å². The summed E-state index contributed by atoms with van der Waals surface area (Å²) in [4.78, 5) is 14.2. The number of rotatable bonds is 5. The second-order valence-corrected chi connectivity index (χ2v) is 8.51. The molecule has 0 radical (unpaired) electrons. The average Bonchev–Trinajstić information content (AvgIpc) is 3.16. The number of Topliss-reactive ketones (excluding diaryl/α,β-unsaturated/α-hetero) is 1. The zero-order chi connectivity index (χ0) is 23.4. The Labute approximate surface area is 204 Å². The maximum atomic E-state index is 14.2. The number of fused-ring (bicyclic) bond motifs is 1. The number of carbonyl (C=O) groups is 1. The van der Waals surface area contributed by atoms with Gasteiger partial charge in [-0.3, -0.25) is 10.2 Å². The van der Waals surface area contributed by atoms with Crippen molar-refractivity contribution in [1.29, 1.82) is 0 Å². The normalized spacial score (nSPS) is 15.1. The molecular weight excluding hydrogens is 438 g/mol. The molecular formula is C29H23N3OS. The summed E-state index contributed by atoms with van der Waals surface area (Å²) in [7, 11) is 0. The number of carbonyl (C=O) groups excluding carboxylic acids is 1. The zero-order valence-electron chi connectivity index (χ0n) is 18.4. The molecule has 0 saturated carbocycles. The highest BCUT2D eigenvalue weighted by Crippen LogP contribution is 2.46. The van der Waals surface area contributed by atoms with Crippen LogP contribution in [-0.2, 0) is 16.8 Å². The number of nitrogens with one attached hydrogen (secondary N) is 2. The van der Waals surface area contributed by atoms with Gasteiger partial charge in [-0.05, 0) is 34.5 Å². The maximum absolute atomic E-state index is 14.2. The number of benzene rings is 4. The standard InChI is InChI=1S/C29H23N3OS/c33-27-26(31-32-28(34)30-20-21-12-4-1-5-13-21)24-18-10-11-19-25(24)29(27,22-14-6-2-7-15-22)23-16-8-3-9-17-23/h1-19H,20H2,(H2,30,32,34). The summed E-state index contributed by atoms with van der Waals surface area (Å²) < 4.78 is 0. The minimum absolute atomic E-state index is 0.0792. The lowest BCUT2D eigenvalue weighted by Crippen LogP contribution is -2.38. The van der Waals surface area contributed by atoms with Crippen LogP contribution in [-0.4, -0.2) is 16.6 Å². The van der Waals surface area contributed by atoms with Crippen molar-refractivity contribution in [1.82, 2.24) is 10.7 Å². The summed E-state index contributed by atoms with van der Waals surface area (Å²) in [5.74, 6) is -0.0792. The average molecular weight is 462 g/mol. The SMILES string of the molecule is O=C1C(=NNC(=S)NCc2ccccc2)c2ccccc2C1(c1ccccc1)c1ccccc1. The van der Waals surface area contributed by atoms with E-state index in [-0.39, 0.29) is 5.78 Å². The van der Waals surface area contributed by atoms with Gasteiger partial charge in [0.2, 0.25) is 5.78 Å². The van der Waals surface area contributed by atoms with Gasteiger partial charge in [-0.15, -0.1) is 0 Å². The highest BCUT2D eigenvalue weighted by molar-refractivity contribution is 7.80. The first-order chi connectivity index (χ1) is 16.7. The molecule has 34 heavy (non-hydrogen) atoms. The van der Waals surface area contributed by atoms with E-state index in [0.29, 0.717) is 17.4 Å². The van der Waals surface area contributed by atoms with Crippen LogP contribution in [0.15, 0.2) is 120 Å². The zero-order valence-corrected chi connectivity index (χ0v) is 19.3. The largest absolute Gasteiger partial charge is 0.357 e. The summed E-state index contributed by atoms with van der Waals surface area (Å²) in [6.45, 7) is 0.569. The molecule has 0 aromatic heterocycles. The summed E-state index contributed by atoms with van der Waals surface area (Å²) in [5.41, 5.74) is 6.94. The first kappa shape index (κ1) is 21.7. The fourth-order valence-corrected chi connectivity index (χ4v) is 4.71. The van der Waals surface area contributed by atoms with Crippen molar-refractivity contribution in [3.05, 3.63) is 143 Å². The molecule has 0 spiro atoms. The van der Waals surface area contributed by atoms with E-state index in [9.17, 15) is 4.79 Å². The van der Waals surface area contributed by atoms with Gasteiger partial charge < -0.3 is 5.32 Å². The molecule has 0 unspecified atom stereocenters. The second-order valence-electron chi connectivity index (χ2n) is 8.10. The minimum Gasteiger partial charge on any atom is -0.357 e. The van der Waals surface area contributed by atoms with Crippen molar-refractivity contribution >= 4 is 28.8 Å². The Hall–Kier alpha value is -4.09. The molecule has 2 N–H and O–H groups in total. The molecule has 0 saturated heterocycles. The maximum Gasteiger partial charge on any atom is 0.202 e. The quantitative estimate of drug-likeness (QED) is 0.325. The van der Waals surface area contributed by atoms with Crippen molar-refractivity contribution in [3.8, 4) is 0 Å². The Balaban J connectivity index is 1.53. The lowest BCUT2D eigenvalue weighted by atomic mass is 9.69. The molecule has 0 aliphatic heterocycles. The molecule has 0 amide bonds. The van der Waals surface area contributed by atoms with Crippen molar-refractivity contribution in [3.63, 3.8) is 0 Å². The third-order valence-electron chi connectivity index (χ3n) is 6.12. The van der Waals surface area contributed by atoms with Gasteiger partial charge in [0.15, 0.2) is 5.11 Å². The first-order valence-corrected chi connectivity index (χ1v) is 11.5. The van der Waals surface area contributed by atoms with E-state index < -0.39 is 5.41 Å². The Morgan fingerprint density at radius 1 is 0.735 bits per heavy atom. The van der Waals surface area contributed by atoms with Crippen LogP contribution >= 0.6 is 12.2 Å². The minimum atomic E-state index is -0.973. The number of thiocarbonyl (C=S) groups is 1. The van der Waals surface area contributed by atoms with Crippen molar-refractivity contribution in [2.75, 3.05) is 0 Å². The van der Waals surface area contributed by atoms with E-state index in [0.717, 1.165) is 27.8 Å². The molecule has 1 aliphatic carbocycles. The van der Waals surface area contributed by atoms with Crippen LogP contribution in [0.2, 0.25) is 0 Å². The third kappa shape index (κ3) is 3.80. The van der Waals surface area contributed by atoms with Gasteiger partial charge in [0, 0.05) is 12.1 Å². The van der Waals surface area contributed by atoms with Crippen LogP contribution in [0.1, 0.15) is 27.8 Å². The van der Waals surface area contributed by atoms with Crippen molar-refractivity contribution in [2.24, 2.45) is 5.10 Å². The monoisotopic (exact) mass is 461 g/mol.